The number of rotatable bonds is 3. The Bertz CT molecular complexity index is 743. The first-order valence-corrected chi connectivity index (χ1v) is 9.55. The SMILES string of the molecule is N[C@@H]1CCN(S(=O)(=O)c2csc(-c3ccc(Br)cc3)n2)C1. The minimum atomic E-state index is -3.52. The average molecular weight is 388 g/mol. The quantitative estimate of drug-likeness (QED) is 0.876. The zero-order chi connectivity index (χ0) is 15.0. The Morgan fingerprint density at radius 2 is 2.05 bits per heavy atom. The van der Waals surface area contributed by atoms with Gasteiger partial charge in [-0.1, -0.05) is 28.1 Å². The number of hydrogen-bond donors (Lipinski definition) is 1. The van der Waals surface area contributed by atoms with Crippen LogP contribution in [0, 0.1) is 0 Å². The summed E-state index contributed by atoms with van der Waals surface area (Å²) >= 11 is 4.71. The van der Waals surface area contributed by atoms with Gasteiger partial charge in [0.2, 0.25) is 0 Å². The van der Waals surface area contributed by atoms with Crippen LogP contribution in [0.5, 0.6) is 0 Å². The predicted molar refractivity (Wildman–Crippen MR) is 86.6 cm³/mol. The standard InChI is InChI=1S/C13H14BrN3O2S2/c14-10-3-1-9(2-4-10)13-16-12(8-20-13)21(18,19)17-6-5-11(15)7-17/h1-4,8,11H,5-7,15H2/t11-/m1/s1. The van der Waals surface area contributed by atoms with E-state index in [0.717, 1.165) is 10.0 Å². The fourth-order valence-electron chi connectivity index (χ4n) is 2.21. The molecule has 0 bridgehead atoms. The number of halogens is 1. The van der Waals surface area contributed by atoms with E-state index in [0.29, 0.717) is 24.5 Å². The molecule has 1 aromatic carbocycles. The zero-order valence-corrected chi connectivity index (χ0v) is 14.3. The maximum absolute atomic E-state index is 12.5. The summed E-state index contributed by atoms with van der Waals surface area (Å²) in [4.78, 5) is 4.28. The van der Waals surface area contributed by atoms with E-state index in [2.05, 4.69) is 20.9 Å². The first-order chi connectivity index (χ1) is 9.96. The molecule has 1 saturated heterocycles. The molecule has 2 N–H and O–H groups in total. The molecule has 8 heteroatoms. The molecule has 2 heterocycles. The molecule has 1 fully saturated rings. The van der Waals surface area contributed by atoms with Crippen molar-refractivity contribution < 1.29 is 8.42 Å². The molecule has 0 radical (unpaired) electrons. The second-order valence-electron chi connectivity index (χ2n) is 4.91. The Morgan fingerprint density at radius 3 is 2.67 bits per heavy atom. The van der Waals surface area contributed by atoms with Crippen LogP contribution in [0.15, 0.2) is 39.1 Å². The Morgan fingerprint density at radius 1 is 1.33 bits per heavy atom. The molecular formula is C13H14BrN3O2S2. The smallest absolute Gasteiger partial charge is 0.261 e. The summed E-state index contributed by atoms with van der Waals surface area (Å²) in [6, 6.07) is 7.55. The van der Waals surface area contributed by atoms with Crippen molar-refractivity contribution in [2.24, 2.45) is 5.73 Å². The van der Waals surface area contributed by atoms with Crippen molar-refractivity contribution in [3.8, 4) is 10.6 Å². The second-order valence-corrected chi connectivity index (χ2v) is 8.57. The molecule has 1 aliphatic heterocycles. The number of sulfonamides is 1. The van der Waals surface area contributed by atoms with Gasteiger partial charge in [-0.15, -0.1) is 11.3 Å². The molecule has 1 atom stereocenters. The highest BCUT2D eigenvalue weighted by atomic mass is 79.9. The lowest BCUT2D eigenvalue weighted by Crippen LogP contribution is -2.32. The molecule has 1 aromatic heterocycles. The molecule has 5 nitrogen and oxygen atoms in total. The normalized spacial score (nSPS) is 20.0. The topological polar surface area (TPSA) is 76.3 Å². The Labute approximate surface area is 136 Å². The number of nitrogens with zero attached hydrogens (tertiary/aromatic N) is 2. The lowest BCUT2D eigenvalue weighted by molar-refractivity contribution is 0.470. The molecule has 0 saturated carbocycles. The number of aromatic nitrogens is 1. The van der Waals surface area contributed by atoms with E-state index in [1.807, 2.05) is 24.3 Å². The Balaban J connectivity index is 1.89. The van der Waals surface area contributed by atoms with Crippen molar-refractivity contribution in [2.75, 3.05) is 13.1 Å². The Hall–Kier alpha value is -0.800. The van der Waals surface area contributed by atoms with Crippen LogP contribution in [0.3, 0.4) is 0 Å². The van der Waals surface area contributed by atoms with Gasteiger partial charge < -0.3 is 5.73 Å². The number of nitrogens with two attached hydrogens (primary N) is 1. The third kappa shape index (κ3) is 3.04. The van der Waals surface area contributed by atoms with Gasteiger partial charge in [0.25, 0.3) is 10.0 Å². The minimum absolute atomic E-state index is 0.0793. The molecule has 0 spiro atoms. The van der Waals surface area contributed by atoms with Crippen LogP contribution in [-0.2, 0) is 10.0 Å². The fraction of sp³-hybridized carbons (Fsp3) is 0.308. The maximum Gasteiger partial charge on any atom is 0.261 e. The van der Waals surface area contributed by atoms with E-state index in [9.17, 15) is 8.42 Å². The van der Waals surface area contributed by atoms with Crippen LogP contribution in [0.4, 0.5) is 0 Å². The monoisotopic (exact) mass is 387 g/mol. The summed E-state index contributed by atoms with van der Waals surface area (Å²) < 4.78 is 27.4. The average Bonchev–Trinajstić information content (AvgIpc) is 3.09. The van der Waals surface area contributed by atoms with Gasteiger partial charge in [0.15, 0.2) is 5.03 Å². The van der Waals surface area contributed by atoms with E-state index in [1.54, 1.807) is 5.38 Å². The van der Waals surface area contributed by atoms with Gasteiger partial charge in [-0.05, 0) is 18.6 Å². The third-order valence-corrected chi connectivity index (χ3v) is 6.68. The van der Waals surface area contributed by atoms with Gasteiger partial charge in [0, 0.05) is 34.5 Å². The van der Waals surface area contributed by atoms with Crippen molar-refractivity contribution in [1.82, 2.24) is 9.29 Å². The molecule has 0 amide bonds. The molecular weight excluding hydrogens is 374 g/mol. The largest absolute Gasteiger partial charge is 0.326 e. The second kappa shape index (κ2) is 5.77. The van der Waals surface area contributed by atoms with Crippen LogP contribution >= 0.6 is 27.3 Å². The van der Waals surface area contributed by atoms with E-state index in [1.165, 1.54) is 15.6 Å². The summed E-state index contributed by atoms with van der Waals surface area (Å²) in [6.07, 6.45) is 0.697. The lowest BCUT2D eigenvalue weighted by Gasteiger charge is -2.13. The predicted octanol–water partition coefficient (Wildman–Crippen LogP) is 2.29. The summed E-state index contributed by atoms with van der Waals surface area (Å²) in [7, 11) is -3.52. The van der Waals surface area contributed by atoms with Gasteiger partial charge in [-0.25, -0.2) is 13.4 Å². The van der Waals surface area contributed by atoms with Crippen LogP contribution in [0.25, 0.3) is 10.6 Å². The first kappa shape index (κ1) is 15.1. The number of benzene rings is 1. The maximum atomic E-state index is 12.5. The molecule has 0 aliphatic carbocycles. The highest BCUT2D eigenvalue weighted by molar-refractivity contribution is 9.10. The van der Waals surface area contributed by atoms with Crippen molar-refractivity contribution in [3.63, 3.8) is 0 Å². The first-order valence-electron chi connectivity index (χ1n) is 6.44. The van der Waals surface area contributed by atoms with Gasteiger partial charge in [-0.2, -0.15) is 4.31 Å². The van der Waals surface area contributed by atoms with Gasteiger partial charge in [-0.3, -0.25) is 0 Å². The molecule has 3 rings (SSSR count). The number of thiazole rings is 1. The Kier molecular flexibility index (Phi) is 4.15. The summed E-state index contributed by atoms with van der Waals surface area (Å²) in [5.74, 6) is 0. The van der Waals surface area contributed by atoms with E-state index >= 15 is 0 Å². The van der Waals surface area contributed by atoms with Crippen molar-refractivity contribution >= 4 is 37.3 Å². The van der Waals surface area contributed by atoms with E-state index in [-0.39, 0.29) is 11.1 Å². The molecule has 2 aromatic rings. The van der Waals surface area contributed by atoms with Gasteiger partial charge in [0.1, 0.15) is 5.01 Å². The molecule has 21 heavy (non-hydrogen) atoms. The zero-order valence-electron chi connectivity index (χ0n) is 11.1. The summed E-state index contributed by atoms with van der Waals surface area (Å²) in [5, 5.41) is 2.40. The van der Waals surface area contributed by atoms with E-state index in [4.69, 9.17) is 5.73 Å². The van der Waals surface area contributed by atoms with Crippen LogP contribution in [-0.4, -0.2) is 36.8 Å². The minimum Gasteiger partial charge on any atom is -0.326 e. The number of hydrogen-bond acceptors (Lipinski definition) is 5. The third-order valence-electron chi connectivity index (χ3n) is 3.37. The van der Waals surface area contributed by atoms with Crippen LogP contribution < -0.4 is 5.73 Å². The van der Waals surface area contributed by atoms with Crippen molar-refractivity contribution in [2.45, 2.75) is 17.5 Å². The molecule has 112 valence electrons. The van der Waals surface area contributed by atoms with Gasteiger partial charge >= 0.3 is 0 Å². The summed E-state index contributed by atoms with van der Waals surface area (Å²) in [5.41, 5.74) is 6.69. The molecule has 1 aliphatic rings. The van der Waals surface area contributed by atoms with Crippen LogP contribution in [0.1, 0.15) is 6.42 Å². The van der Waals surface area contributed by atoms with Crippen molar-refractivity contribution in [1.29, 1.82) is 0 Å². The fourth-order valence-corrected chi connectivity index (χ4v) is 5.05. The van der Waals surface area contributed by atoms with E-state index < -0.39 is 10.0 Å². The highest BCUT2D eigenvalue weighted by Crippen LogP contribution is 2.29. The lowest BCUT2D eigenvalue weighted by atomic mass is 10.2. The summed E-state index contributed by atoms with van der Waals surface area (Å²) in [6.45, 7) is 0.835. The van der Waals surface area contributed by atoms with Crippen LogP contribution in [0.2, 0.25) is 0 Å². The highest BCUT2D eigenvalue weighted by Gasteiger charge is 2.32. The van der Waals surface area contributed by atoms with Crippen molar-refractivity contribution in [3.05, 3.63) is 34.1 Å². The van der Waals surface area contributed by atoms with Gasteiger partial charge in [0.05, 0.1) is 0 Å². The molecule has 0 unspecified atom stereocenters.